The van der Waals surface area contributed by atoms with Gasteiger partial charge in [0.15, 0.2) is 0 Å². The number of hydrogen-bond acceptors (Lipinski definition) is 18. The van der Waals surface area contributed by atoms with E-state index in [4.69, 9.17) is 28.4 Å². The molecule has 0 fully saturated rings. The fourth-order valence-corrected chi connectivity index (χ4v) is 36.3. The molecule has 0 amide bonds. The van der Waals surface area contributed by atoms with E-state index < -0.39 is 40.4 Å². The van der Waals surface area contributed by atoms with Crippen molar-refractivity contribution in [3.63, 3.8) is 0 Å². The first-order valence-corrected chi connectivity index (χ1v) is 48.7. The number of rotatable bonds is 54. The van der Waals surface area contributed by atoms with E-state index in [1.165, 1.54) is 128 Å². The standard InChI is InChI=1S/C62H124N4O14Si5/c1-55(67)24-36-63(37-25-56(2)68)32-17-44-81(9,10)48-21-51-85(54-84(15,16)47-20-35-66(42-30-61(73)79-7)43-31-62(74)80-8,52-22-49-82(11,12)45-18-33-64(38-26-57(69)75-3)39-27-58(70)76-4)53-23-50-83(13,14)46-19-34-65(40-28-59(71)77-5)41-29-60(72)78-6/h17-54H2,1-16H3. The lowest BCUT2D eigenvalue weighted by atomic mass is 10.2. The highest BCUT2D eigenvalue weighted by Gasteiger charge is 2.40. The fraction of sp³-hybridized carbons (Fsp3) is 0.871. The second-order valence-corrected chi connectivity index (χ2v) is 54.3. The van der Waals surface area contributed by atoms with Gasteiger partial charge in [-0.3, -0.25) is 38.4 Å². The first-order chi connectivity index (χ1) is 39.9. The summed E-state index contributed by atoms with van der Waals surface area (Å²) in [5, 5.41) is 0. The first kappa shape index (κ1) is 82.1. The number of nitrogens with zero attached hydrogens (tertiary/aromatic N) is 4. The van der Waals surface area contributed by atoms with E-state index in [1.807, 2.05) is 0 Å². The van der Waals surface area contributed by atoms with Crippen LogP contribution in [0, 0.1) is 0 Å². The molecule has 23 heteroatoms. The number of carbonyl (C=O) groups excluding carboxylic acids is 8. The molecular weight excluding hydrogens is 1170 g/mol. The van der Waals surface area contributed by atoms with Gasteiger partial charge in [-0.25, -0.2) is 0 Å². The maximum atomic E-state index is 12.3. The van der Waals surface area contributed by atoms with Crippen LogP contribution in [0.5, 0.6) is 0 Å². The Hall–Kier alpha value is -2.92. The van der Waals surface area contributed by atoms with E-state index in [-0.39, 0.29) is 85.9 Å². The van der Waals surface area contributed by atoms with Crippen LogP contribution in [-0.4, -0.2) is 229 Å². The Balaban J connectivity index is 7.07. The molecule has 0 aromatic carbocycles. The zero-order chi connectivity index (χ0) is 64.5. The summed E-state index contributed by atoms with van der Waals surface area (Å²) in [6.07, 6.45) is 10.6. The largest absolute Gasteiger partial charge is 0.469 e. The average molecular weight is 1290 g/mol. The van der Waals surface area contributed by atoms with E-state index in [9.17, 15) is 38.4 Å². The molecule has 0 aliphatic rings. The third-order valence-corrected chi connectivity index (χ3v) is 40.6. The summed E-state index contributed by atoms with van der Waals surface area (Å²) in [6, 6.07) is 12.5. The van der Waals surface area contributed by atoms with Gasteiger partial charge in [-0.2, -0.15) is 0 Å². The molecule has 0 aromatic heterocycles. The zero-order valence-electron chi connectivity index (χ0n) is 56.9. The van der Waals surface area contributed by atoms with E-state index in [0.717, 1.165) is 51.9 Å². The smallest absolute Gasteiger partial charge is 0.306 e. The lowest BCUT2D eigenvalue weighted by Gasteiger charge is -2.41. The van der Waals surface area contributed by atoms with Crippen molar-refractivity contribution in [3.05, 3.63) is 0 Å². The van der Waals surface area contributed by atoms with Crippen LogP contribution in [0.25, 0.3) is 0 Å². The maximum Gasteiger partial charge on any atom is 0.306 e. The highest BCUT2D eigenvalue weighted by atomic mass is 28.4. The molecule has 0 spiro atoms. The average Bonchev–Trinajstić information content (AvgIpc) is 3.55. The number of esters is 6. The number of Topliss-reactive ketones (excluding diaryl/α,β-unsaturated/α-hetero) is 2. The summed E-state index contributed by atoms with van der Waals surface area (Å²) in [4.78, 5) is 106. The molecule has 0 rings (SSSR count). The topological polar surface area (TPSA) is 205 Å². The summed E-state index contributed by atoms with van der Waals surface area (Å²) in [5.41, 5.74) is 1.38. The molecule has 0 saturated carbocycles. The van der Waals surface area contributed by atoms with Crippen molar-refractivity contribution in [1.82, 2.24) is 19.6 Å². The van der Waals surface area contributed by atoms with Crippen LogP contribution in [0.3, 0.4) is 0 Å². The number of ketones is 2. The molecule has 0 bridgehead atoms. The zero-order valence-corrected chi connectivity index (χ0v) is 61.9. The van der Waals surface area contributed by atoms with Crippen LogP contribution in [-0.2, 0) is 66.8 Å². The van der Waals surface area contributed by atoms with Crippen LogP contribution in [0.15, 0.2) is 0 Å². The maximum absolute atomic E-state index is 12.3. The molecule has 496 valence electrons. The Bertz CT molecular complexity index is 1800. The molecule has 0 N–H and O–H groups in total. The predicted octanol–water partition coefficient (Wildman–Crippen LogP) is 11.1. The molecule has 0 aromatic rings. The van der Waals surface area contributed by atoms with E-state index in [2.05, 4.69) is 72.0 Å². The Morgan fingerprint density at radius 2 is 0.447 bits per heavy atom. The molecule has 0 unspecified atom stereocenters. The Kier molecular flexibility index (Phi) is 43.8. The highest BCUT2D eigenvalue weighted by Crippen LogP contribution is 2.40. The molecule has 85 heavy (non-hydrogen) atoms. The normalized spacial score (nSPS) is 12.5. The second-order valence-electron chi connectivity index (χ2n) is 27.5. The van der Waals surface area contributed by atoms with E-state index in [0.29, 0.717) is 65.2 Å². The number of methoxy groups -OCH3 is 6. The molecule has 18 nitrogen and oxygen atoms in total. The van der Waals surface area contributed by atoms with Crippen LogP contribution in [0.2, 0.25) is 118 Å². The van der Waals surface area contributed by atoms with Crippen molar-refractivity contribution in [2.24, 2.45) is 0 Å². The minimum atomic E-state index is -1.94. The van der Waals surface area contributed by atoms with Crippen LogP contribution >= 0.6 is 0 Å². The Morgan fingerprint density at radius 3 is 0.647 bits per heavy atom. The van der Waals surface area contributed by atoms with Crippen molar-refractivity contribution in [3.8, 4) is 0 Å². The summed E-state index contributed by atoms with van der Waals surface area (Å²) in [7, 11) is -0.218. The molecular formula is C62H124N4O14Si5. The first-order valence-electron chi connectivity index (χ1n) is 32.2. The number of ether oxygens (including phenoxy) is 6. The van der Waals surface area contributed by atoms with E-state index in [1.54, 1.807) is 13.8 Å². The van der Waals surface area contributed by atoms with Crippen molar-refractivity contribution in [2.75, 3.05) is 121 Å². The van der Waals surface area contributed by atoms with Gasteiger partial charge in [0.1, 0.15) is 11.6 Å². The molecule has 0 aliphatic carbocycles. The number of hydrogen-bond donors (Lipinski definition) is 0. The van der Waals surface area contributed by atoms with Gasteiger partial charge < -0.3 is 48.0 Å². The molecule has 0 aliphatic heterocycles. The lowest BCUT2D eigenvalue weighted by molar-refractivity contribution is -0.142. The van der Waals surface area contributed by atoms with Gasteiger partial charge in [-0.05, 0) is 65.7 Å². The quantitative estimate of drug-likeness (QED) is 0.0315. The number of carbonyl (C=O) groups is 8. The van der Waals surface area contributed by atoms with Gasteiger partial charge in [0, 0.05) is 97.5 Å². The van der Waals surface area contributed by atoms with Crippen LogP contribution in [0.4, 0.5) is 0 Å². The summed E-state index contributed by atoms with van der Waals surface area (Å²) < 4.78 is 29.8. The summed E-state index contributed by atoms with van der Waals surface area (Å²) in [6.45, 7) is 31.9. The third kappa shape index (κ3) is 44.2. The predicted molar refractivity (Wildman–Crippen MR) is 357 cm³/mol. The van der Waals surface area contributed by atoms with Gasteiger partial charge >= 0.3 is 35.8 Å². The molecule has 0 heterocycles. The monoisotopic (exact) mass is 1290 g/mol. The van der Waals surface area contributed by atoms with Gasteiger partial charge in [-0.1, -0.05) is 138 Å². The van der Waals surface area contributed by atoms with Crippen molar-refractivity contribution in [1.29, 1.82) is 0 Å². The third-order valence-electron chi connectivity index (χ3n) is 17.6. The fourth-order valence-electron chi connectivity index (χ4n) is 12.2. The van der Waals surface area contributed by atoms with Crippen LogP contribution in [0.1, 0.15) is 110 Å². The molecule has 0 radical (unpaired) electrons. The van der Waals surface area contributed by atoms with Gasteiger partial charge in [0.2, 0.25) is 0 Å². The minimum Gasteiger partial charge on any atom is -0.469 e. The summed E-state index contributed by atoms with van der Waals surface area (Å²) >= 11 is 0. The van der Waals surface area contributed by atoms with Crippen molar-refractivity contribution < 1.29 is 66.8 Å². The molecule has 0 saturated heterocycles. The SMILES string of the molecule is COC(=O)CCN(CCC[Si](C)(C)CCC[Si](CCC[Si](C)(C)CCCN(CCC(C)=O)CCC(C)=O)(CCC[Si](C)(C)CCCN(CCC(=O)OC)CCC(=O)OC)C[Si](C)(C)CCCN(CCC(=O)OC)CCC(=O)OC)CCC(=O)OC. The summed E-state index contributed by atoms with van der Waals surface area (Å²) in [5.74, 6) is -1.16. The molecule has 0 atom stereocenters. The van der Waals surface area contributed by atoms with Crippen molar-refractivity contribution in [2.45, 2.75) is 229 Å². The second kappa shape index (κ2) is 45.4. The van der Waals surface area contributed by atoms with Gasteiger partial charge in [0.25, 0.3) is 0 Å². The minimum absolute atomic E-state index is 0.181. The Labute approximate surface area is 521 Å². The van der Waals surface area contributed by atoms with Crippen molar-refractivity contribution >= 4 is 87.8 Å². The Morgan fingerprint density at radius 1 is 0.259 bits per heavy atom. The lowest BCUT2D eigenvalue weighted by Crippen LogP contribution is -2.45. The van der Waals surface area contributed by atoms with Crippen LogP contribution < -0.4 is 0 Å². The van der Waals surface area contributed by atoms with Gasteiger partial charge in [-0.15, -0.1) is 0 Å². The van der Waals surface area contributed by atoms with Gasteiger partial charge in [0.05, 0.1) is 89.3 Å². The highest BCUT2D eigenvalue weighted by molar-refractivity contribution is 6.96. The van der Waals surface area contributed by atoms with E-state index >= 15 is 0 Å².